The maximum Gasteiger partial charge on any atom is 0.190 e. The number of nitrogens with zero attached hydrogens (tertiary/aromatic N) is 2. The van der Waals surface area contributed by atoms with Crippen molar-refractivity contribution in [2.45, 2.75) is 70.0 Å². The fourth-order valence-electron chi connectivity index (χ4n) is 4.94. The Morgan fingerprint density at radius 3 is 2.13 bits per heavy atom. The first-order valence-corrected chi connectivity index (χ1v) is 11.2. The third kappa shape index (κ3) is 4.09. The van der Waals surface area contributed by atoms with E-state index in [1.54, 1.807) is 0 Å². The molecule has 4 saturated heterocycles. The zero-order chi connectivity index (χ0) is 21.1. The molecule has 0 radical (unpaired) electrons. The molecule has 166 valence electrons. The molecule has 0 saturated carbocycles. The SMILES string of the molecule is CC1(C)O[C@H]2[C@@H](O1)[C@@H](CN1CCN(c3ccc(Cl)cc3)CC1)O[C@@H]1OC(C)(C)O[C@@H]12. The Hall–Kier alpha value is -0.930. The topological polar surface area (TPSA) is 52.6 Å². The smallest absolute Gasteiger partial charge is 0.190 e. The van der Waals surface area contributed by atoms with E-state index in [-0.39, 0.29) is 24.4 Å². The van der Waals surface area contributed by atoms with Crippen LogP contribution < -0.4 is 4.90 Å². The van der Waals surface area contributed by atoms with Crippen LogP contribution in [0.15, 0.2) is 24.3 Å². The van der Waals surface area contributed by atoms with Gasteiger partial charge in [0.15, 0.2) is 17.9 Å². The van der Waals surface area contributed by atoms with E-state index >= 15 is 0 Å². The molecule has 4 heterocycles. The zero-order valence-electron chi connectivity index (χ0n) is 18.0. The molecule has 0 N–H and O–H groups in total. The lowest BCUT2D eigenvalue weighted by atomic mass is 9.98. The maximum absolute atomic E-state index is 6.36. The van der Waals surface area contributed by atoms with Crippen LogP contribution in [-0.2, 0) is 23.7 Å². The normalized spacial score (nSPS) is 37.8. The molecule has 1 aromatic carbocycles. The van der Waals surface area contributed by atoms with Crippen molar-refractivity contribution < 1.29 is 23.7 Å². The second kappa shape index (κ2) is 7.59. The second-order valence-electron chi connectivity index (χ2n) is 9.47. The van der Waals surface area contributed by atoms with Crippen LogP contribution in [-0.4, -0.2) is 79.9 Å². The first-order chi connectivity index (χ1) is 14.2. The van der Waals surface area contributed by atoms with E-state index in [2.05, 4.69) is 21.9 Å². The molecule has 5 rings (SSSR count). The Labute approximate surface area is 183 Å². The lowest BCUT2D eigenvalue weighted by Crippen LogP contribution is -2.59. The number of piperazine rings is 1. The summed E-state index contributed by atoms with van der Waals surface area (Å²) in [4.78, 5) is 4.83. The highest BCUT2D eigenvalue weighted by Gasteiger charge is 2.60. The van der Waals surface area contributed by atoms with Gasteiger partial charge in [-0.25, -0.2) is 0 Å². The third-order valence-electron chi connectivity index (χ3n) is 6.25. The molecular formula is C22H31ClN2O5. The predicted octanol–water partition coefficient (Wildman–Crippen LogP) is 2.86. The van der Waals surface area contributed by atoms with Crippen LogP contribution in [0, 0.1) is 0 Å². The van der Waals surface area contributed by atoms with Gasteiger partial charge in [-0.05, 0) is 52.0 Å². The van der Waals surface area contributed by atoms with Crippen molar-refractivity contribution in [2.75, 3.05) is 37.6 Å². The van der Waals surface area contributed by atoms with E-state index < -0.39 is 17.9 Å². The average molecular weight is 439 g/mol. The molecule has 0 amide bonds. The summed E-state index contributed by atoms with van der Waals surface area (Å²) in [6.45, 7) is 12.3. The molecule has 0 aliphatic carbocycles. The largest absolute Gasteiger partial charge is 0.369 e. The number of anilines is 1. The number of rotatable bonds is 3. The van der Waals surface area contributed by atoms with Gasteiger partial charge in [0.2, 0.25) is 0 Å². The molecule has 4 fully saturated rings. The van der Waals surface area contributed by atoms with E-state index in [9.17, 15) is 0 Å². The number of fused-ring (bicyclic) bond motifs is 3. The molecule has 5 atom stereocenters. The molecule has 4 aliphatic heterocycles. The average Bonchev–Trinajstić information content (AvgIpc) is 3.17. The van der Waals surface area contributed by atoms with Crippen molar-refractivity contribution in [2.24, 2.45) is 0 Å². The Morgan fingerprint density at radius 1 is 0.833 bits per heavy atom. The monoisotopic (exact) mass is 438 g/mol. The Kier molecular flexibility index (Phi) is 5.30. The summed E-state index contributed by atoms with van der Waals surface area (Å²) < 4.78 is 30.9. The lowest BCUT2D eigenvalue weighted by Gasteiger charge is -2.42. The van der Waals surface area contributed by atoms with Crippen molar-refractivity contribution in [3.05, 3.63) is 29.3 Å². The van der Waals surface area contributed by atoms with Crippen LogP contribution in [0.1, 0.15) is 27.7 Å². The van der Waals surface area contributed by atoms with Gasteiger partial charge in [0.1, 0.15) is 24.4 Å². The van der Waals surface area contributed by atoms with Crippen molar-refractivity contribution in [1.29, 1.82) is 0 Å². The predicted molar refractivity (Wildman–Crippen MR) is 113 cm³/mol. The minimum atomic E-state index is -0.685. The molecular weight excluding hydrogens is 408 g/mol. The molecule has 0 unspecified atom stereocenters. The summed E-state index contributed by atoms with van der Waals surface area (Å²) in [6, 6.07) is 8.05. The van der Waals surface area contributed by atoms with E-state index in [0.29, 0.717) is 0 Å². The first kappa shape index (κ1) is 20.9. The van der Waals surface area contributed by atoms with Crippen LogP contribution in [0.5, 0.6) is 0 Å². The van der Waals surface area contributed by atoms with Crippen molar-refractivity contribution in [3.63, 3.8) is 0 Å². The highest BCUT2D eigenvalue weighted by molar-refractivity contribution is 6.30. The highest BCUT2D eigenvalue weighted by atomic mass is 35.5. The van der Waals surface area contributed by atoms with Crippen molar-refractivity contribution >= 4 is 17.3 Å². The molecule has 0 aromatic heterocycles. The summed E-state index contributed by atoms with van der Waals surface area (Å²) in [7, 11) is 0. The molecule has 7 nitrogen and oxygen atoms in total. The van der Waals surface area contributed by atoms with Gasteiger partial charge in [0.25, 0.3) is 0 Å². The van der Waals surface area contributed by atoms with Crippen LogP contribution in [0.2, 0.25) is 5.02 Å². The van der Waals surface area contributed by atoms with Gasteiger partial charge in [-0.2, -0.15) is 0 Å². The number of halogens is 1. The fourth-order valence-corrected chi connectivity index (χ4v) is 5.06. The van der Waals surface area contributed by atoms with E-state index in [1.165, 1.54) is 5.69 Å². The number of ether oxygens (including phenoxy) is 5. The van der Waals surface area contributed by atoms with Gasteiger partial charge in [-0.3, -0.25) is 4.90 Å². The molecule has 8 heteroatoms. The quantitative estimate of drug-likeness (QED) is 0.719. The van der Waals surface area contributed by atoms with Crippen LogP contribution in [0.3, 0.4) is 0 Å². The van der Waals surface area contributed by atoms with Crippen molar-refractivity contribution in [3.8, 4) is 0 Å². The van der Waals surface area contributed by atoms with Crippen LogP contribution >= 0.6 is 11.6 Å². The second-order valence-corrected chi connectivity index (χ2v) is 9.91. The summed E-state index contributed by atoms with van der Waals surface area (Å²) >= 11 is 6.02. The minimum absolute atomic E-state index is 0.127. The highest BCUT2D eigenvalue weighted by Crippen LogP contribution is 2.44. The number of benzene rings is 1. The first-order valence-electron chi connectivity index (χ1n) is 10.8. The summed E-state index contributed by atoms with van der Waals surface area (Å²) in [5, 5.41) is 0.766. The van der Waals surface area contributed by atoms with Gasteiger partial charge in [-0.1, -0.05) is 11.6 Å². The van der Waals surface area contributed by atoms with Gasteiger partial charge >= 0.3 is 0 Å². The molecule has 1 aromatic rings. The Morgan fingerprint density at radius 2 is 1.43 bits per heavy atom. The van der Waals surface area contributed by atoms with E-state index in [0.717, 1.165) is 37.7 Å². The third-order valence-corrected chi connectivity index (χ3v) is 6.51. The lowest BCUT2D eigenvalue weighted by molar-refractivity contribution is -0.236. The molecule has 4 aliphatic rings. The fraction of sp³-hybridized carbons (Fsp3) is 0.727. The maximum atomic E-state index is 6.36. The summed E-state index contributed by atoms with van der Waals surface area (Å²) in [6.07, 6.45) is -1.20. The van der Waals surface area contributed by atoms with Crippen molar-refractivity contribution in [1.82, 2.24) is 4.90 Å². The standard InChI is InChI=1S/C22H31ClN2O5/c1-21(2)27-17-16(26-20-19(18(17)28-21)29-22(3,4)30-20)13-24-9-11-25(12-10-24)15-7-5-14(23)6-8-15/h5-8,16-20H,9-13H2,1-4H3/t16-,17+,18+,19-,20-/m1/s1. The van der Waals surface area contributed by atoms with Crippen LogP contribution in [0.4, 0.5) is 5.69 Å². The van der Waals surface area contributed by atoms with Gasteiger partial charge in [0.05, 0.1) is 0 Å². The molecule has 0 spiro atoms. The Balaban J connectivity index is 1.24. The van der Waals surface area contributed by atoms with Crippen LogP contribution in [0.25, 0.3) is 0 Å². The van der Waals surface area contributed by atoms with E-state index in [1.807, 2.05) is 39.8 Å². The van der Waals surface area contributed by atoms with Gasteiger partial charge < -0.3 is 28.6 Å². The molecule has 0 bridgehead atoms. The Bertz CT molecular complexity index is 765. The van der Waals surface area contributed by atoms with E-state index in [4.69, 9.17) is 35.3 Å². The minimum Gasteiger partial charge on any atom is -0.369 e. The summed E-state index contributed by atoms with van der Waals surface area (Å²) in [5.74, 6) is -1.34. The summed E-state index contributed by atoms with van der Waals surface area (Å²) in [5.41, 5.74) is 1.21. The number of hydrogen-bond donors (Lipinski definition) is 0. The van der Waals surface area contributed by atoms with Gasteiger partial charge in [0, 0.05) is 43.4 Å². The number of hydrogen-bond acceptors (Lipinski definition) is 7. The van der Waals surface area contributed by atoms with Gasteiger partial charge in [-0.15, -0.1) is 0 Å². The zero-order valence-corrected chi connectivity index (χ0v) is 18.8. The molecule has 30 heavy (non-hydrogen) atoms.